The fraction of sp³-hybridized carbons (Fsp3) is 0.889. The van der Waals surface area contributed by atoms with Crippen molar-refractivity contribution >= 4 is 5.78 Å². The molecule has 2 heteroatoms. The lowest BCUT2D eigenvalue weighted by Gasteiger charge is -1.91. The fourth-order valence-electron chi connectivity index (χ4n) is 0.683. The maximum absolute atomic E-state index is 10.6. The fourth-order valence-corrected chi connectivity index (χ4v) is 0.683. The molecule has 0 aliphatic heterocycles. The van der Waals surface area contributed by atoms with Crippen LogP contribution in [0, 0.1) is 0 Å². The highest BCUT2D eigenvalue weighted by atomic mass is 16.1. The van der Waals surface area contributed by atoms with Gasteiger partial charge in [0.15, 0.2) is 0 Å². The molecule has 68 valence electrons. The summed E-state index contributed by atoms with van der Waals surface area (Å²) >= 11 is 0. The molecule has 0 atom stereocenters. The van der Waals surface area contributed by atoms with Crippen molar-refractivity contribution in [3.8, 4) is 0 Å². The predicted octanol–water partition coefficient (Wildman–Crippen LogP) is 2.12. The lowest BCUT2D eigenvalue weighted by Crippen LogP contribution is -1.93. The van der Waals surface area contributed by atoms with Crippen molar-refractivity contribution < 1.29 is 4.79 Å². The zero-order valence-corrected chi connectivity index (χ0v) is 8.02. The molecule has 0 spiro atoms. The van der Waals surface area contributed by atoms with E-state index in [-0.39, 0.29) is 0 Å². The summed E-state index contributed by atoms with van der Waals surface area (Å²) in [6.45, 7) is 6.72. The standard InChI is InChI=1S/C7H14O.C2H7N/c1-3-5-7(8)6-4-2;1-2-3/h3-6H2,1-2H3;2-3H2,1H3. The highest BCUT2D eigenvalue weighted by Crippen LogP contribution is 1.95. The van der Waals surface area contributed by atoms with E-state index in [1.807, 2.05) is 20.8 Å². The molecule has 0 saturated carbocycles. The molecular formula is C9H21NO. The van der Waals surface area contributed by atoms with E-state index in [0.717, 1.165) is 32.2 Å². The summed E-state index contributed by atoms with van der Waals surface area (Å²) in [6.07, 6.45) is 3.54. The predicted molar refractivity (Wildman–Crippen MR) is 49.6 cm³/mol. The maximum atomic E-state index is 10.6. The van der Waals surface area contributed by atoms with E-state index in [2.05, 4.69) is 0 Å². The average Bonchev–Trinajstić information content (AvgIpc) is 1.90. The molecule has 0 unspecified atom stereocenters. The lowest BCUT2D eigenvalue weighted by molar-refractivity contribution is -0.119. The zero-order valence-electron chi connectivity index (χ0n) is 8.02. The smallest absolute Gasteiger partial charge is 0.132 e. The van der Waals surface area contributed by atoms with Gasteiger partial charge in [-0.1, -0.05) is 20.8 Å². The van der Waals surface area contributed by atoms with Crippen LogP contribution in [-0.4, -0.2) is 12.3 Å². The number of hydrogen-bond donors (Lipinski definition) is 1. The first-order valence-electron chi connectivity index (χ1n) is 4.44. The molecule has 2 N–H and O–H groups in total. The number of hydrogen-bond acceptors (Lipinski definition) is 2. The molecule has 0 aromatic rings. The summed E-state index contributed by atoms with van der Waals surface area (Å²) in [6, 6.07) is 0. The SMILES string of the molecule is CCCC(=O)CCC.CCN. The van der Waals surface area contributed by atoms with Crippen LogP contribution in [0.1, 0.15) is 46.5 Å². The van der Waals surface area contributed by atoms with Crippen molar-refractivity contribution in [2.24, 2.45) is 5.73 Å². The summed E-state index contributed by atoms with van der Waals surface area (Å²) in [5.74, 6) is 0.412. The van der Waals surface area contributed by atoms with Gasteiger partial charge in [-0.05, 0) is 19.4 Å². The third kappa shape index (κ3) is 17.7. The normalized spacial score (nSPS) is 8.36. The molecule has 0 heterocycles. The molecule has 0 bridgehead atoms. The number of nitrogens with two attached hydrogens (primary N) is 1. The minimum Gasteiger partial charge on any atom is -0.331 e. The Bertz CT molecular complexity index is 73.6. The topological polar surface area (TPSA) is 43.1 Å². The van der Waals surface area contributed by atoms with Crippen LogP contribution in [0.3, 0.4) is 0 Å². The first-order valence-corrected chi connectivity index (χ1v) is 4.44. The van der Waals surface area contributed by atoms with Crippen LogP contribution in [0.4, 0.5) is 0 Å². The van der Waals surface area contributed by atoms with Crippen molar-refractivity contribution in [3.63, 3.8) is 0 Å². The second-order valence-corrected chi connectivity index (χ2v) is 2.45. The van der Waals surface area contributed by atoms with Gasteiger partial charge in [0.25, 0.3) is 0 Å². The van der Waals surface area contributed by atoms with Gasteiger partial charge in [0.1, 0.15) is 5.78 Å². The Morgan fingerprint density at radius 3 is 1.55 bits per heavy atom. The van der Waals surface area contributed by atoms with Gasteiger partial charge in [-0.25, -0.2) is 0 Å². The number of rotatable bonds is 4. The van der Waals surface area contributed by atoms with Gasteiger partial charge < -0.3 is 5.73 Å². The lowest BCUT2D eigenvalue weighted by atomic mass is 10.1. The first-order chi connectivity index (χ1) is 5.22. The number of Topliss-reactive ketones (excluding diaryl/α,β-unsaturated/α-hetero) is 1. The number of carbonyl (C=O) groups excluding carboxylic acids is 1. The van der Waals surface area contributed by atoms with E-state index >= 15 is 0 Å². The third-order valence-corrected chi connectivity index (χ3v) is 1.06. The van der Waals surface area contributed by atoms with Gasteiger partial charge in [0.2, 0.25) is 0 Å². The van der Waals surface area contributed by atoms with E-state index in [4.69, 9.17) is 5.73 Å². The van der Waals surface area contributed by atoms with Gasteiger partial charge in [-0.2, -0.15) is 0 Å². The van der Waals surface area contributed by atoms with Crippen molar-refractivity contribution in [1.29, 1.82) is 0 Å². The van der Waals surface area contributed by atoms with Gasteiger partial charge in [0.05, 0.1) is 0 Å². The molecule has 0 aromatic heterocycles. The van der Waals surface area contributed by atoms with Crippen molar-refractivity contribution in [3.05, 3.63) is 0 Å². The Balaban J connectivity index is 0. The van der Waals surface area contributed by atoms with Crippen molar-refractivity contribution in [2.75, 3.05) is 6.54 Å². The molecule has 0 fully saturated rings. The molecule has 0 aliphatic rings. The van der Waals surface area contributed by atoms with Crippen LogP contribution < -0.4 is 5.73 Å². The molecular weight excluding hydrogens is 138 g/mol. The molecule has 0 amide bonds. The second-order valence-electron chi connectivity index (χ2n) is 2.45. The minimum absolute atomic E-state index is 0.412. The van der Waals surface area contributed by atoms with Crippen LogP contribution in [-0.2, 0) is 4.79 Å². The summed E-state index contributed by atoms with van der Waals surface area (Å²) in [5, 5.41) is 0. The monoisotopic (exact) mass is 159 g/mol. The summed E-state index contributed by atoms with van der Waals surface area (Å²) in [4.78, 5) is 10.6. The maximum Gasteiger partial charge on any atom is 0.132 e. The molecule has 11 heavy (non-hydrogen) atoms. The van der Waals surface area contributed by atoms with E-state index < -0.39 is 0 Å². The second kappa shape index (κ2) is 12.3. The largest absolute Gasteiger partial charge is 0.331 e. The van der Waals surface area contributed by atoms with Crippen LogP contribution in [0.5, 0.6) is 0 Å². The Labute approximate surface area is 70.2 Å². The molecule has 0 aliphatic carbocycles. The van der Waals surface area contributed by atoms with E-state index in [1.54, 1.807) is 0 Å². The van der Waals surface area contributed by atoms with Gasteiger partial charge in [-0.3, -0.25) is 4.79 Å². The highest BCUT2D eigenvalue weighted by Gasteiger charge is 1.94. The summed E-state index contributed by atoms with van der Waals surface area (Å²) in [7, 11) is 0. The molecule has 0 aromatic carbocycles. The van der Waals surface area contributed by atoms with Gasteiger partial charge in [0, 0.05) is 12.8 Å². The quantitative estimate of drug-likeness (QED) is 0.682. The highest BCUT2D eigenvalue weighted by molar-refractivity contribution is 5.78. The Morgan fingerprint density at radius 2 is 1.36 bits per heavy atom. The minimum atomic E-state index is 0.412. The molecule has 0 saturated heterocycles. The van der Waals surface area contributed by atoms with Crippen molar-refractivity contribution in [1.82, 2.24) is 0 Å². The molecule has 0 radical (unpaired) electrons. The van der Waals surface area contributed by atoms with Crippen LogP contribution in [0.2, 0.25) is 0 Å². The van der Waals surface area contributed by atoms with E-state index in [0.29, 0.717) is 5.78 Å². The number of ketones is 1. The average molecular weight is 159 g/mol. The van der Waals surface area contributed by atoms with E-state index in [9.17, 15) is 4.79 Å². The van der Waals surface area contributed by atoms with Crippen molar-refractivity contribution in [2.45, 2.75) is 46.5 Å². The van der Waals surface area contributed by atoms with Gasteiger partial charge >= 0.3 is 0 Å². The van der Waals surface area contributed by atoms with E-state index in [1.165, 1.54) is 0 Å². The summed E-state index contributed by atoms with van der Waals surface area (Å²) in [5.41, 5.74) is 4.85. The molecule has 0 rings (SSSR count). The first kappa shape index (κ1) is 13.2. The summed E-state index contributed by atoms with van der Waals surface area (Å²) < 4.78 is 0. The number of carbonyl (C=O) groups is 1. The van der Waals surface area contributed by atoms with Crippen LogP contribution >= 0.6 is 0 Å². The van der Waals surface area contributed by atoms with Gasteiger partial charge in [-0.15, -0.1) is 0 Å². The third-order valence-electron chi connectivity index (χ3n) is 1.06. The van der Waals surface area contributed by atoms with Crippen LogP contribution in [0.15, 0.2) is 0 Å². The Hall–Kier alpha value is -0.370. The Kier molecular flexibility index (Phi) is 14.8. The van der Waals surface area contributed by atoms with Crippen LogP contribution in [0.25, 0.3) is 0 Å². The zero-order chi connectivity index (χ0) is 9.11. The molecule has 2 nitrogen and oxygen atoms in total. The Morgan fingerprint density at radius 1 is 1.09 bits per heavy atom.